The van der Waals surface area contributed by atoms with Crippen molar-refractivity contribution in [2.45, 2.75) is 75.5 Å². The molecule has 3 fully saturated rings. The van der Waals surface area contributed by atoms with Crippen LogP contribution in [0.1, 0.15) is 57.8 Å². The Balaban J connectivity index is 1.68. The van der Waals surface area contributed by atoms with Gasteiger partial charge in [-0.25, -0.2) is 0 Å². The van der Waals surface area contributed by atoms with E-state index in [1.807, 2.05) is 0 Å². The van der Waals surface area contributed by atoms with Gasteiger partial charge < -0.3 is 10.1 Å². The smallest absolute Gasteiger partial charge is 0.0729 e. The van der Waals surface area contributed by atoms with Crippen molar-refractivity contribution < 1.29 is 4.74 Å². The summed E-state index contributed by atoms with van der Waals surface area (Å²) in [4.78, 5) is 0. The molecular formula is C13H23NO. The molecule has 0 aromatic carbocycles. The lowest BCUT2D eigenvalue weighted by Gasteiger charge is -2.49. The average molecular weight is 209 g/mol. The minimum absolute atomic E-state index is 0.372. The first-order chi connectivity index (χ1) is 7.38. The van der Waals surface area contributed by atoms with E-state index in [9.17, 15) is 0 Å². The Hall–Kier alpha value is -0.0800. The lowest BCUT2D eigenvalue weighted by atomic mass is 9.78. The van der Waals surface area contributed by atoms with Gasteiger partial charge in [0.25, 0.3) is 0 Å². The van der Waals surface area contributed by atoms with Crippen LogP contribution in [0.5, 0.6) is 0 Å². The van der Waals surface area contributed by atoms with Crippen LogP contribution in [0.3, 0.4) is 0 Å². The fourth-order valence-electron chi connectivity index (χ4n) is 3.68. The maximum atomic E-state index is 6.11. The highest BCUT2D eigenvalue weighted by Gasteiger charge is 2.42. The van der Waals surface area contributed by atoms with Gasteiger partial charge in [-0.2, -0.15) is 0 Å². The van der Waals surface area contributed by atoms with Gasteiger partial charge in [0, 0.05) is 11.6 Å². The number of rotatable bonds is 0. The monoisotopic (exact) mass is 209 g/mol. The summed E-state index contributed by atoms with van der Waals surface area (Å²) in [7, 11) is 0. The van der Waals surface area contributed by atoms with Gasteiger partial charge in [-0.05, 0) is 25.7 Å². The zero-order valence-electron chi connectivity index (χ0n) is 9.63. The number of fused-ring (bicyclic) bond motifs is 1. The summed E-state index contributed by atoms with van der Waals surface area (Å²) in [5.41, 5.74) is 0.372. The number of ether oxygens (including phenoxy) is 1. The number of nitrogens with one attached hydrogen (secondary N) is 1. The minimum atomic E-state index is 0.372. The molecule has 1 spiro atoms. The molecule has 1 heterocycles. The van der Waals surface area contributed by atoms with Gasteiger partial charge in [0.2, 0.25) is 0 Å². The van der Waals surface area contributed by atoms with Crippen LogP contribution in [0.2, 0.25) is 0 Å². The molecule has 0 aromatic heterocycles. The molecule has 3 aliphatic rings. The van der Waals surface area contributed by atoms with Gasteiger partial charge in [-0.3, -0.25) is 0 Å². The number of hydrogen-bond donors (Lipinski definition) is 1. The minimum Gasteiger partial charge on any atom is -0.375 e. The molecule has 0 bridgehead atoms. The van der Waals surface area contributed by atoms with E-state index < -0.39 is 0 Å². The second-order valence-corrected chi connectivity index (χ2v) is 5.73. The molecule has 3 rings (SSSR count). The number of hydrogen-bond acceptors (Lipinski definition) is 2. The summed E-state index contributed by atoms with van der Waals surface area (Å²) >= 11 is 0. The molecule has 2 atom stereocenters. The molecule has 2 heteroatoms. The average Bonchev–Trinajstić information content (AvgIpc) is 2.30. The van der Waals surface area contributed by atoms with Crippen LogP contribution < -0.4 is 5.32 Å². The second kappa shape index (κ2) is 4.06. The van der Waals surface area contributed by atoms with Crippen molar-refractivity contribution in [3.05, 3.63) is 0 Å². The first kappa shape index (κ1) is 10.1. The van der Waals surface area contributed by atoms with Crippen LogP contribution in [0.4, 0.5) is 0 Å². The summed E-state index contributed by atoms with van der Waals surface area (Å²) in [5, 5.41) is 3.95. The topological polar surface area (TPSA) is 21.3 Å². The highest BCUT2D eigenvalue weighted by Crippen LogP contribution is 2.35. The highest BCUT2D eigenvalue weighted by atomic mass is 16.5. The Morgan fingerprint density at radius 1 is 0.933 bits per heavy atom. The molecule has 2 nitrogen and oxygen atoms in total. The molecule has 2 saturated carbocycles. The standard InChI is InChI=1S/C13H23NO/c1-4-8-13(9-5-1)10-15-12-7-3-2-6-11(12)14-13/h11-12,14H,1-10H2. The normalized spacial score (nSPS) is 40.0. The van der Waals surface area contributed by atoms with Gasteiger partial charge in [0.05, 0.1) is 12.7 Å². The van der Waals surface area contributed by atoms with E-state index in [2.05, 4.69) is 5.32 Å². The zero-order valence-corrected chi connectivity index (χ0v) is 9.63. The van der Waals surface area contributed by atoms with Gasteiger partial charge in [0.15, 0.2) is 0 Å². The molecule has 2 unspecified atom stereocenters. The molecule has 2 aliphatic carbocycles. The maximum Gasteiger partial charge on any atom is 0.0729 e. The molecule has 0 amide bonds. The van der Waals surface area contributed by atoms with Gasteiger partial charge in [-0.1, -0.05) is 32.1 Å². The summed E-state index contributed by atoms with van der Waals surface area (Å²) in [6.07, 6.45) is 12.8. The zero-order chi connectivity index (χ0) is 10.1. The number of morpholine rings is 1. The van der Waals surface area contributed by atoms with Crippen molar-refractivity contribution in [2.75, 3.05) is 6.61 Å². The maximum absolute atomic E-state index is 6.11. The molecule has 0 radical (unpaired) electrons. The van der Waals surface area contributed by atoms with Crippen molar-refractivity contribution in [1.82, 2.24) is 5.32 Å². The van der Waals surface area contributed by atoms with Crippen LogP contribution in [-0.4, -0.2) is 24.3 Å². The predicted octanol–water partition coefficient (Wildman–Crippen LogP) is 2.62. The van der Waals surface area contributed by atoms with Crippen LogP contribution in [-0.2, 0) is 4.74 Å². The van der Waals surface area contributed by atoms with Crippen molar-refractivity contribution in [3.63, 3.8) is 0 Å². The van der Waals surface area contributed by atoms with E-state index >= 15 is 0 Å². The van der Waals surface area contributed by atoms with E-state index in [1.165, 1.54) is 57.8 Å². The summed E-state index contributed by atoms with van der Waals surface area (Å²) in [5.74, 6) is 0. The highest BCUT2D eigenvalue weighted by molar-refractivity contribution is 4.99. The Bertz CT molecular complexity index is 223. The van der Waals surface area contributed by atoms with Gasteiger partial charge in [0.1, 0.15) is 0 Å². The Morgan fingerprint density at radius 2 is 1.73 bits per heavy atom. The third kappa shape index (κ3) is 1.94. The third-order valence-corrected chi connectivity index (χ3v) is 4.58. The van der Waals surface area contributed by atoms with E-state index in [4.69, 9.17) is 4.74 Å². The Labute approximate surface area is 92.8 Å². The lowest BCUT2D eigenvalue weighted by molar-refractivity contribution is -0.0872. The van der Waals surface area contributed by atoms with Crippen molar-refractivity contribution in [1.29, 1.82) is 0 Å². The fourth-order valence-corrected chi connectivity index (χ4v) is 3.68. The van der Waals surface area contributed by atoms with Gasteiger partial charge >= 0.3 is 0 Å². The molecule has 15 heavy (non-hydrogen) atoms. The van der Waals surface area contributed by atoms with Crippen LogP contribution in [0.25, 0.3) is 0 Å². The molecule has 1 saturated heterocycles. The van der Waals surface area contributed by atoms with E-state index in [1.54, 1.807) is 0 Å². The summed E-state index contributed by atoms with van der Waals surface area (Å²) < 4.78 is 6.11. The Morgan fingerprint density at radius 3 is 2.60 bits per heavy atom. The van der Waals surface area contributed by atoms with E-state index in [0.29, 0.717) is 17.7 Å². The van der Waals surface area contributed by atoms with Crippen LogP contribution >= 0.6 is 0 Å². The molecule has 86 valence electrons. The third-order valence-electron chi connectivity index (χ3n) is 4.58. The largest absolute Gasteiger partial charge is 0.375 e. The quantitative estimate of drug-likeness (QED) is 0.662. The first-order valence-corrected chi connectivity index (χ1v) is 6.77. The molecular weight excluding hydrogens is 186 g/mol. The summed E-state index contributed by atoms with van der Waals surface area (Å²) in [6.45, 7) is 0.980. The van der Waals surface area contributed by atoms with Crippen LogP contribution in [0.15, 0.2) is 0 Å². The fraction of sp³-hybridized carbons (Fsp3) is 1.00. The van der Waals surface area contributed by atoms with E-state index in [-0.39, 0.29) is 0 Å². The van der Waals surface area contributed by atoms with Crippen LogP contribution in [0, 0.1) is 0 Å². The summed E-state index contributed by atoms with van der Waals surface area (Å²) in [6, 6.07) is 0.672. The molecule has 0 aromatic rings. The van der Waals surface area contributed by atoms with Crippen molar-refractivity contribution in [3.8, 4) is 0 Å². The molecule has 1 aliphatic heterocycles. The molecule has 1 N–H and O–H groups in total. The predicted molar refractivity (Wildman–Crippen MR) is 60.9 cm³/mol. The Kier molecular flexibility index (Phi) is 2.73. The van der Waals surface area contributed by atoms with Gasteiger partial charge in [-0.15, -0.1) is 0 Å². The SMILES string of the molecule is C1CCC2(CC1)COC1CCCCC1N2. The first-order valence-electron chi connectivity index (χ1n) is 6.77. The van der Waals surface area contributed by atoms with Crippen molar-refractivity contribution in [2.24, 2.45) is 0 Å². The lowest BCUT2D eigenvalue weighted by Crippen LogP contribution is -2.63. The van der Waals surface area contributed by atoms with E-state index in [0.717, 1.165) is 6.61 Å². The second-order valence-electron chi connectivity index (χ2n) is 5.73. The van der Waals surface area contributed by atoms with Crippen molar-refractivity contribution >= 4 is 0 Å².